The molecule has 0 spiro atoms. The van der Waals surface area contributed by atoms with Gasteiger partial charge in [0.2, 0.25) is 0 Å². The van der Waals surface area contributed by atoms with Gasteiger partial charge in [0.25, 0.3) is 5.91 Å². The minimum atomic E-state index is -0.376. The quantitative estimate of drug-likeness (QED) is 0.835. The van der Waals surface area contributed by atoms with Crippen LogP contribution in [0.5, 0.6) is 5.75 Å². The predicted octanol–water partition coefficient (Wildman–Crippen LogP) is 1.61. The van der Waals surface area contributed by atoms with Crippen LogP contribution in [0.15, 0.2) is 18.2 Å². The van der Waals surface area contributed by atoms with Crippen molar-refractivity contribution in [1.82, 2.24) is 4.90 Å². The highest BCUT2D eigenvalue weighted by atomic mass is 16.5. The van der Waals surface area contributed by atoms with Crippen molar-refractivity contribution in [1.29, 1.82) is 0 Å². The number of aliphatic hydroxyl groups is 1. The van der Waals surface area contributed by atoms with Crippen molar-refractivity contribution in [3.05, 3.63) is 29.3 Å². The zero-order valence-corrected chi connectivity index (χ0v) is 11.0. The molecule has 102 valence electrons. The highest BCUT2D eigenvalue weighted by Gasteiger charge is 2.24. The number of β-amino-alcohol motifs (C(OH)–C–C–N with tert-alkyl or cyclic N) is 1. The van der Waals surface area contributed by atoms with Crippen molar-refractivity contribution in [2.75, 3.05) is 19.7 Å². The Bertz CT molecular complexity index is 486. The lowest BCUT2D eigenvalue weighted by Gasteiger charge is -2.30. The van der Waals surface area contributed by atoms with E-state index in [9.17, 15) is 9.90 Å². The normalized spacial score (nSPS) is 22.6. The van der Waals surface area contributed by atoms with Crippen LogP contribution in [0.4, 0.5) is 0 Å². The number of piperidine rings is 1. The van der Waals surface area contributed by atoms with Gasteiger partial charge >= 0.3 is 0 Å². The van der Waals surface area contributed by atoms with E-state index in [4.69, 9.17) is 4.74 Å². The molecule has 4 heteroatoms. The summed E-state index contributed by atoms with van der Waals surface area (Å²) in [5.74, 6) is 0.925. The summed E-state index contributed by atoms with van der Waals surface area (Å²) in [5, 5.41) is 9.65. The minimum Gasteiger partial charge on any atom is -0.493 e. The summed E-state index contributed by atoms with van der Waals surface area (Å²) in [6.45, 7) is 1.95. The van der Waals surface area contributed by atoms with E-state index in [0.29, 0.717) is 12.1 Å². The lowest BCUT2D eigenvalue weighted by molar-refractivity contribution is 0.0473. The van der Waals surface area contributed by atoms with Crippen LogP contribution in [-0.4, -0.2) is 41.7 Å². The Labute approximate surface area is 113 Å². The van der Waals surface area contributed by atoms with Crippen LogP contribution in [0, 0.1) is 0 Å². The molecule has 0 aliphatic carbocycles. The highest BCUT2D eigenvalue weighted by molar-refractivity contribution is 5.94. The number of hydrogen-bond donors (Lipinski definition) is 1. The lowest BCUT2D eigenvalue weighted by Crippen LogP contribution is -2.42. The molecule has 19 heavy (non-hydrogen) atoms. The van der Waals surface area contributed by atoms with Crippen LogP contribution < -0.4 is 4.74 Å². The molecule has 0 bridgehead atoms. The smallest absolute Gasteiger partial charge is 0.253 e. The Morgan fingerprint density at radius 1 is 1.37 bits per heavy atom. The number of carbonyl (C=O) groups excluding carboxylic acids is 1. The van der Waals surface area contributed by atoms with Crippen LogP contribution in [0.1, 0.15) is 35.2 Å². The van der Waals surface area contributed by atoms with Crippen LogP contribution in [0.3, 0.4) is 0 Å². The van der Waals surface area contributed by atoms with Gasteiger partial charge < -0.3 is 14.7 Å². The summed E-state index contributed by atoms with van der Waals surface area (Å²) < 4.78 is 5.56. The molecule has 1 fully saturated rings. The molecule has 1 aromatic carbocycles. The van der Waals surface area contributed by atoms with Gasteiger partial charge in [0.05, 0.1) is 12.7 Å². The second-order valence-corrected chi connectivity index (χ2v) is 5.32. The average Bonchev–Trinajstić information content (AvgIpc) is 2.46. The van der Waals surface area contributed by atoms with Gasteiger partial charge in [-0.05, 0) is 49.4 Å². The van der Waals surface area contributed by atoms with Crippen LogP contribution in [0.2, 0.25) is 0 Å². The third-order valence-corrected chi connectivity index (χ3v) is 3.84. The molecule has 1 N–H and O–H groups in total. The van der Waals surface area contributed by atoms with Crippen LogP contribution >= 0.6 is 0 Å². The standard InChI is InChI=1S/C15H19NO3/c17-13-4-1-7-16(10-13)15(18)12-5-6-14-11(9-12)3-2-8-19-14/h5-6,9,13,17H,1-4,7-8,10H2. The van der Waals surface area contributed by atoms with E-state index in [1.807, 2.05) is 18.2 Å². The zero-order valence-electron chi connectivity index (χ0n) is 11.0. The number of carbonyl (C=O) groups is 1. The Morgan fingerprint density at radius 3 is 3.11 bits per heavy atom. The summed E-state index contributed by atoms with van der Waals surface area (Å²) in [4.78, 5) is 14.2. The third-order valence-electron chi connectivity index (χ3n) is 3.84. The van der Waals surface area contributed by atoms with Gasteiger partial charge in [-0.25, -0.2) is 0 Å². The number of fused-ring (bicyclic) bond motifs is 1. The number of rotatable bonds is 1. The van der Waals surface area contributed by atoms with Gasteiger partial charge in [-0.1, -0.05) is 0 Å². The van der Waals surface area contributed by atoms with Gasteiger partial charge in [-0.3, -0.25) is 4.79 Å². The number of nitrogens with zero attached hydrogens (tertiary/aromatic N) is 1. The molecule has 0 aromatic heterocycles. The van der Waals surface area contributed by atoms with E-state index >= 15 is 0 Å². The molecule has 1 amide bonds. The topological polar surface area (TPSA) is 49.8 Å². The van der Waals surface area contributed by atoms with Gasteiger partial charge in [-0.15, -0.1) is 0 Å². The molecule has 2 aliphatic heterocycles. The first-order valence-electron chi connectivity index (χ1n) is 6.97. The molecule has 0 radical (unpaired) electrons. The number of hydrogen-bond acceptors (Lipinski definition) is 3. The maximum atomic E-state index is 12.4. The second kappa shape index (κ2) is 5.21. The molecular formula is C15H19NO3. The number of ether oxygens (including phenoxy) is 1. The molecule has 2 heterocycles. The van der Waals surface area contributed by atoms with E-state index in [1.165, 1.54) is 0 Å². The summed E-state index contributed by atoms with van der Waals surface area (Å²) in [6, 6.07) is 5.66. The summed E-state index contributed by atoms with van der Waals surface area (Å²) in [5.41, 5.74) is 1.83. The van der Waals surface area contributed by atoms with E-state index in [1.54, 1.807) is 4.90 Å². The van der Waals surface area contributed by atoms with Crippen molar-refractivity contribution >= 4 is 5.91 Å². The first-order chi connectivity index (χ1) is 9.24. The first kappa shape index (κ1) is 12.5. The number of benzene rings is 1. The Kier molecular flexibility index (Phi) is 3.42. The van der Waals surface area contributed by atoms with Crippen LogP contribution in [-0.2, 0) is 6.42 Å². The van der Waals surface area contributed by atoms with Gasteiger partial charge in [-0.2, -0.15) is 0 Å². The summed E-state index contributed by atoms with van der Waals surface area (Å²) in [7, 11) is 0. The number of likely N-dealkylation sites (tertiary alicyclic amines) is 1. The SMILES string of the molecule is O=C(c1ccc2c(c1)CCCO2)N1CCCC(O)C1. The molecule has 1 unspecified atom stereocenters. The number of amides is 1. The molecule has 4 nitrogen and oxygen atoms in total. The minimum absolute atomic E-state index is 0.0205. The maximum absolute atomic E-state index is 12.4. The van der Waals surface area contributed by atoms with Crippen molar-refractivity contribution in [2.24, 2.45) is 0 Å². The maximum Gasteiger partial charge on any atom is 0.253 e. The monoisotopic (exact) mass is 261 g/mol. The van der Waals surface area contributed by atoms with Gasteiger partial charge in [0.1, 0.15) is 5.75 Å². The van der Waals surface area contributed by atoms with Gasteiger partial charge in [0, 0.05) is 18.7 Å². The second-order valence-electron chi connectivity index (χ2n) is 5.32. The van der Waals surface area contributed by atoms with E-state index in [0.717, 1.165) is 50.1 Å². The van der Waals surface area contributed by atoms with Gasteiger partial charge in [0.15, 0.2) is 0 Å². The molecule has 1 saturated heterocycles. The number of aliphatic hydroxyl groups excluding tert-OH is 1. The van der Waals surface area contributed by atoms with Crippen molar-refractivity contribution in [2.45, 2.75) is 31.8 Å². The number of aryl methyl sites for hydroxylation is 1. The zero-order chi connectivity index (χ0) is 13.2. The van der Waals surface area contributed by atoms with Crippen molar-refractivity contribution in [3.63, 3.8) is 0 Å². The lowest BCUT2D eigenvalue weighted by atomic mass is 10.0. The van der Waals surface area contributed by atoms with E-state index in [-0.39, 0.29) is 12.0 Å². The fourth-order valence-corrected chi connectivity index (χ4v) is 2.82. The fourth-order valence-electron chi connectivity index (χ4n) is 2.82. The van der Waals surface area contributed by atoms with E-state index < -0.39 is 0 Å². The highest BCUT2D eigenvalue weighted by Crippen LogP contribution is 2.26. The molecule has 1 aromatic rings. The van der Waals surface area contributed by atoms with E-state index in [2.05, 4.69) is 0 Å². The molecular weight excluding hydrogens is 242 g/mol. The average molecular weight is 261 g/mol. The Balaban J connectivity index is 1.79. The summed E-state index contributed by atoms with van der Waals surface area (Å²) in [6.07, 6.45) is 3.27. The fraction of sp³-hybridized carbons (Fsp3) is 0.533. The Morgan fingerprint density at radius 2 is 2.26 bits per heavy atom. The van der Waals surface area contributed by atoms with Crippen molar-refractivity contribution in [3.8, 4) is 5.75 Å². The predicted molar refractivity (Wildman–Crippen MR) is 71.4 cm³/mol. The van der Waals surface area contributed by atoms with Crippen LogP contribution in [0.25, 0.3) is 0 Å². The molecule has 0 saturated carbocycles. The molecule has 1 atom stereocenters. The largest absolute Gasteiger partial charge is 0.493 e. The first-order valence-corrected chi connectivity index (χ1v) is 6.97. The summed E-state index contributed by atoms with van der Waals surface area (Å²) >= 11 is 0. The molecule has 2 aliphatic rings. The van der Waals surface area contributed by atoms with Crippen molar-refractivity contribution < 1.29 is 14.6 Å². The molecule has 3 rings (SSSR count). The third kappa shape index (κ3) is 2.59. The Hall–Kier alpha value is -1.55.